The second-order valence-corrected chi connectivity index (χ2v) is 10.7. The van der Waals surface area contributed by atoms with Crippen LogP contribution in [0.1, 0.15) is 17.5 Å². The maximum atomic E-state index is 11.0. The average Bonchev–Trinajstić information content (AvgIpc) is 2.85. The Labute approximate surface area is 214 Å². The Morgan fingerprint density at radius 1 is 1.03 bits per heavy atom. The van der Waals surface area contributed by atoms with E-state index in [-0.39, 0.29) is 6.42 Å². The Morgan fingerprint density at radius 3 is 2.43 bits per heavy atom. The van der Waals surface area contributed by atoms with Gasteiger partial charge in [0.1, 0.15) is 17.9 Å². The molecule has 0 aromatic heterocycles. The van der Waals surface area contributed by atoms with Gasteiger partial charge in [0.2, 0.25) is 0 Å². The number of aliphatic hydroxyl groups excluding tert-OH is 1. The molecule has 35 heavy (non-hydrogen) atoms. The first kappa shape index (κ1) is 27.4. The molecule has 1 atom stereocenters. The third-order valence-corrected chi connectivity index (χ3v) is 7.10. The number of halogens is 1. The van der Waals surface area contributed by atoms with Crippen molar-refractivity contribution in [1.29, 1.82) is 0 Å². The summed E-state index contributed by atoms with van der Waals surface area (Å²) in [6.07, 6.45) is 0.663. The lowest BCUT2D eigenvalue weighted by molar-refractivity contribution is 0.104. The van der Waals surface area contributed by atoms with Crippen LogP contribution >= 0.6 is 31.2 Å². The molecule has 0 saturated heterocycles. The third kappa shape index (κ3) is 8.78. The van der Waals surface area contributed by atoms with Gasteiger partial charge in [-0.25, -0.2) is 4.57 Å². The van der Waals surface area contributed by atoms with Gasteiger partial charge in [0.15, 0.2) is 0 Å². The van der Waals surface area contributed by atoms with Crippen molar-refractivity contribution in [2.24, 2.45) is 4.99 Å². The van der Waals surface area contributed by atoms with Crippen LogP contribution < -0.4 is 4.74 Å². The van der Waals surface area contributed by atoms with Crippen LogP contribution in [0.2, 0.25) is 5.02 Å². The number of hydrogen-bond donors (Lipinski definition) is 3. The number of ether oxygens (including phenoxy) is 1. The van der Waals surface area contributed by atoms with Gasteiger partial charge in [-0.15, -0.1) is 0 Å². The van der Waals surface area contributed by atoms with Crippen LogP contribution in [-0.2, 0) is 22.1 Å². The summed E-state index contributed by atoms with van der Waals surface area (Å²) in [6, 6.07) is 23.5. The van der Waals surface area contributed by atoms with Crippen LogP contribution in [0.5, 0.6) is 5.75 Å². The second kappa shape index (κ2) is 12.7. The molecule has 0 radical (unpaired) electrons. The van der Waals surface area contributed by atoms with Gasteiger partial charge in [-0.3, -0.25) is 9.52 Å². The van der Waals surface area contributed by atoms with Crippen molar-refractivity contribution >= 4 is 37.9 Å². The number of hydrogen-bond acceptors (Lipinski definition) is 6. The largest absolute Gasteiger partial charge is 0.489 e. The maximum Gasteiger partial charge on any atom is 0.469 e. The molecule has 3 aromatic carbocycles. The van der Waals surface area contributed by atoms with Crippen LogP contribution in [-0.4, -0.2) is 40.4 Å². The SMILES string of the molecule is C=NC(CO)(CCc1ccc(Sc2cccc(OCc3ccccc3)c2)cc1Cl)COP(=O)(O)O. The van der Waals surface area contributed by atoms with E-state index in [0.29, 0.717) is 18.1 Å². The second-order valence-electron chi connectivity index (χ2n) is 7.91. The van der Waals surface area contributed by atoms with Crippen molar-refractivity contribution in [3.8, 4) is 5.75 Å². The standard InChI is InChI=1S/C25H27ClNO6PS/c1-27-25(17-28,18-33-34(29,30)31)13-12-20-10-11-23(15-24(20)26)35-22-9-5-8-21(14-22)32-16-19-6-3-2-4-7-19/h2-11,14-15,28H,1,12-13,16-18H2,(H2,29,30,31). The number of phosphoric acid groups is 1. The van der Waals surface area contributed by atoms with Crippen LogP contribution in [0.25, 0.3) is 0 Å². The van der Waals surface area contributed by atoms with Crippen LogP contribution in [0.4, 0.5) is 0 Å². The van der Waals surface area contributed by atoms with E-state index in [1.54, 1.807) is 11.8 Å². The van der Waals surface area contributed by atoms with Crippen LogP contribution in [0, 0.1) is 0 Å². The molecule has 0 bridgehead atoms. The number of benzene rings is 3. The summed E-state index contributed by atoms with van der Waals surface area (Å²) in [4.78, 5) is 23.8. The molecule has 0 spiro atoms. The first-order chi connectivity index (χ1) is 16.7. The predicted molar refractivity (Wildman–Crippen MR) is 138 cm³/mol. The summed E-state index contributed by atoms with van der Waals surface area (Å²) in [5.41, 5.74) is 0.671. The van der Waals surface area contributed by atoms with Crippen molar-refractivity contribution in [3.63, 3.8) is 0 Å². The quantitative estimate of drug-likeness (QED) is 0.195. The van der Waals surface area contributed by atoms with Gasteiger partial charge in [0.25, 0.3) is 0 Å². The highest BCUT2D eigenvalue weighted by Gasteiger charge is 2.31. The molecule has 0 saturated carbocycles. The maximum absolute atomic E-state index is 11.0. The molecule has 186 valence electrons. The third-order valence-electron chi connectivity index (χ3n) is 5.30. The van der Waals surface area contributed by atoms with Gasteiger partial charge in [0, 0.05) is 14.8 Å². The van der Waals surface area contributed by atoms with E-state index in [1.807, 2.05) is 72.8 Å². The summed E-state index contributed by atoms with van der Waals surface area (Å²) in [6.45, 7) is 3.02. The van der Waals surface area contributed by atoms with Crippen molar-refractivity contribution < 1.29 is 28.7 Å². The first-order valence-electron chi connectivity index (χ1n) is 10.7. The smallest absolute Gasteiger partial charge is 0.469 e. The Bertz CT molecular complexity index is 1180. The molecule has 1 unspecified atom stereocenters. The Morgan fingerprint density at radius 2 is 1.77 bits per heavy atom. The Kier molecular flexibility index (Phi) is 9.95. The molecule has 3 rings (SSSR count). The molecule has 7 nitrogen and oxygen atoms in total. The van der Waals surface area contributed by atoms with Crippen molar-refractivity contribution in [2.75, 3.05) is 13.2 Å². The van der Waals surface area contributed by atoms with Crippen LogP contribution in [0.15, 0.2) is 87.6 Å². The molecule has 0 aliphatic carbocycles. The van der Waals surface area contributed by atoms with E-state index in [0.717, 1.165) is 26.7 Å². The van der Waals surface area contributed by atoms with E-state index in [9.17, 15) is 9.67 Å². The minimum absolute atomic E-state index is 0.250. The number of phosphoric ester groups is 1. The predicted octanol–water partition coefficient (Wildman–Crippen LogP) is 5.54. The fourth-order valence-electron chi connectivity index (χ4n) is 3.24. The van der Waals surface area contributed by atoms with Gasteiger partial charge in [-0.1, -0.05) is 65.8 Å². The number of aliphatic hydroxyl groups is 1. The van der Waals surface area contributed by atoms with E-state index in [2.05, 4.69) is 16.2 Å². The summed E-state index contributed by atoms with van der Waals surface area (Å²) in [7, 11) is -4.69. The number of aryl methyl sites for hydroxylation is 1. The van der Waals surface area contributed by atoms with Gasteiger partial charge in [0.05, 0.1) is 13.2 Å². The fourth-order valence-corrected chi connectivity index (χ4v) is 4.90. The zero-order valence-corrected chi connectivity index (χ0v) is 21.4. The minimum Gasteiger partial charge on any atom is -0.489 e. The fraction of sp³-hybridized carbons (Fsp3) is 0.240. The number of aliphatic imine (C=N–C) groups is 1. The molecular formula is C25H27ClNO6PS. The van der Waals surface area contributed by atoms with E-state index in [4.69, 9.17) is 26.1 Å². The van der Waals surface area contributed by atoms with E-state index in [1.165, 1.54) is 0 Å². The lowest BCUT2D eigenvalue weighted by Crippen LogP contribution is -2.37. The Hall–Kier alpha value is -2.16. The summed E-state index contributed by atoms with van der Waals surface area (Å²) < 4.78 is 21.5. The molecule has 0 aliphatic rings. The van der Waals surface area contributed by atoms with Crippen molar-refractivity contribution in [1.82, 2.24) is 0 Å². The van der Waals surface area contributed by atoms with Crippen molar-refractivity contribution in [2.45, 2.75) is 34.8 Å². The summed E-state index contributed by atoms with van der Waals surface area (Å²) in [5, 5.41) is 10.3. The molecule has 0 amide bonds. The summed E-state index contributed by atoms with van der Waals surface area (Å²) >= 11 is 8.06. The lowest BCUT2D eigenvalue weighted by Gasteiger charge is -2.27. The molecule has 0 heterocycles. The molecule has 10 heteroatoms. The average molecular weight is 536 g/mol. The monoisotopic (exact) mass is 535 g/mol. The van der Waals surface area contributed by atoms with Gasteiger partial charge >= 0.3 is 7.82 Å². The van der Waals surface area contributed by atoms with Crippen LogP contribution in [0.3, 0.4) is 0 Å². The van der Waals surface area contributed by atoms with Gasteiger partial charge < -0.3 is 19.6 Å². The molecule has 0 fully saturated rings. The van der Waals surface area contributed by atoms with E-state index < -0.39 is 26.6 Å². The first-order valence-corrected chi connectivity index (χ1v) is 13.5. The lowest BCUT2D eigenvalue weighted by atomic mass is 9.93. The Balaban J connectivity index is 1.62. The normalized spacial score (nSPS) is 13.3. The molecule has 3 aromatic rings. The highest BCUT2D eigenvalue weighted by Crippen LogP contribution is 2.38. The minimum atomic E-state index is -4.69. The summed E-state index contributed by atoms with van der Waals surface area (Å²) in [5.74, 6) is 0.774. The topological polar surface area (TPSA) is 109 Å². The highest BCUT2D eigenvalue weighted by atomic mass is 35.5. The molecule has 0 aliphatic heterocycles. The number of nitrogens with zero attached hydrogens (tertiary/aromatic N) is 1. The number of rotatable bonds is 13. The molecule has 3 N–H and O–H groups in total. The highest BCUT2D eigenvalue weighted by molar-refractivity contribution is 7.99. The zero-order chi connectivity index (χ0) is 25.3. The van der Waals surface area contributed by atoms with Crippen molar-refractivity contribution in [3.05, 3.63) is 88.9 Å². The van der Waals surface area contributed by atoms with E-state index >= 15 is 0 Å². The zero-order valence-electron chi connectivity index (χ0n) is 18.9. The van der Waals surface area contributed by atoms with Gasteiger partial charge in [-0.2, -0.15) is 0 Å². The van der Waals surface area contributed by atoms with Gasteiger partial charge in [-0.05, 0) is 61.0 Å². The molecular weight excluding hydrogens is 509 g/mol.